The molecule has 1 aromatic carbocycles. The summed E-state index contributed by atoms with van der Waals surface area (Å²) in [5, 5.41) is 3.95. The minimum Gasteiger partial charge on any atom is -0.493 e. The summed E-state index contributed by atoms with van der Waals surface area (Å²) in [5.41, 5.74) is 2.19. The number of thiophene rings is 1. The topological polar surface area (TPSA) is 77.9 Å². The molecule has 172 valence electrons. The van der Waals surface area contributed by atoms with Gasteiger partial charge in [-0.05, 0) is 63.2 Å². The molecular formula is C25H26N2O5S. The van der Waals surface area contributed by atoms with E-state index in [2.05, 4.69) is 24.2 Å². The highest BCUT2D eigenvalue weighted by molar-refractivity contribution is 7.11. The first kappa shape index (κ1) is 22.7. The fourth-order valence-corrected chi connectivity index (χ4v) is 4.41. The van der Waals surface area contributed by atoms with Crippen molar-refractivity contribution in [2.75, 3.05) is 7.11 Å². The monoisotopic (exact) mass is 466 g/mol. The van der Waals surface area contributed by atoms with Crippen molar-refractivity contribution in [3.8, 4) is 11.5 Å². The Morgan fingerprint density at radius 1 is 1.09 bits per heavy atom. The number of furan rings is 1. The average molecular weight is 467 g/mol. The number of ether oxygens (including phenoxy) is 2. The molecule has 0 aliphatic carbocycles. The lowest BCUT2D eigenvalue weighted by atomic mass is 10.1. The maximum atomic E-state index is 13.5. The van der Waals surface area contributed by atoms with Gasteiger partial charge in [-0.1, -0.05) is 5.16 Å². The van der Waals surface area contributed by atoms with Crippen LogP contribution in [0.15, 0.2) is 57.7 Å². The lowest BCUT2D eigenvalue weighted by molar-refractivity contribution is 0.0719. The summed E-state index contributed by atoms with van der Waals surface area (Å²) in [7, 11) is 1.56. The van der Waals surface area contributed by atoms with E-state index in [9.17, 15) is 4.79 Å². The molecule has 0 spiro atoms. The number of aryl methyl sites for hydroxylation is 3. The van der Waals surface area contributed by atoms with Crippen molar-refractivity contribution in [3.63, 3.8) is 0 Å². The third kappa shape index (κ3) is 5.28. The third-order valence-corrected chi connectivity index (χ3v) is 6.31. The van der Waals surface area contributed by atoms with E-state index in [1.165, 1.54) is 4.88 Å². The smallest absolute Gasteiger partial charge is 0.254 e. The van der Waals surface area contributed by atoms with E-state index >= 15 is 0 Å². The van der Waals surface area contributed by atoms with Gasteiger partial charge in [-0.15, -0.1) is 11.3 Å². The summed E-state index contributed by atoms with van der Waals surface area (Å²) in [4.78, 5) is 17.6. The van der Waals surface area contributed by atoms with E-state index in [4.69, 9.17) is 18.4 Å². The van der Waals surface area contributed by atoms with Gasteiger partial charge in [-0.25, -0.2) is 0 Å². The molecule has 33 heavy (non-hydrogen) atoms. The summed E-state index contributed by atoms with van der Waals surface area (Å²) < 4.78 is 22.2. The molecule has 3 heterocycles. The van der Waals surface area contributed by atoms with Crippen molar-refractivity contribution in [1.29, 1.82) is 0 Å². The van der Waals surface area contributed by atoms with Crippen molar-refractivity contribution in [3.05, 3.63) is 86.8 Å². The van der Waals surface area contributed by atoms with Crippen molar-refractivity contribution >= 4 is 17.2 Å². The Morgan fingerprint density at radius 2 is 1.94 bits per heavy atom. The number of nitrogens with zero attached hydrogens (tertiary/aromatic N) is 2. The van der Waals surface area contributed by atoms with Crippen LogP contribution in [-0.2, 0) is 19.7 Å². The molecule has 0 saturated heterocycles. The molecule has 0 aliphatic rings. The average Bonchev–Trinajstić information content (AvgIpc) is 3.54. The minimum atomic E-state index is -0.118. The number of hydrogen-bond acceptors (Lipinski definition) is 7. The minimum absolute atomic E-state index is 0.118. The first-order chi connectivity index (χ1) is 15.9. The molecule has 0 unspecified atom stereocenters. The van der Waals surface area contributed by atoms with E-state index in [0.29, 0.717) is 36.8 Å². The molecule has 8 heteroatoms. The number of carbonyl (C=O) groups is 1. The van der Waals surface area contributed by atoms with Crippen molar-refractivity contribution in [2.45, 2.75) is 40.5 Å². The Morgan fingerprint density at radius 3 is 2.58 bits per heavy atom. The van der Waals surface area contributed by atoms with Gasteiger partial charge in [-0.2, -0.15) is 0 Å². The van der Waals surface area contributed by atoms with Crippen molar-refractivity contribution in [1.82, 2.24) is 10.1 Å². The van der Waals surface area contributed by atoms with Gasteiger partial charge in [0.1, 0.15) is 18.1 Å². The number of benzene rings is 1. The zero-order valence-electron chi connectivity index (χ0n) is 19.1. The first-order valence-electron chi connectivity index (χ1n) is 10.5. The van der Waals surface area contributed by atoms with E-state index in [1.807, 2.05) is 26.0 Å². The second kappa shape index (κ2) is 9.95. The highest BCUT2D eigenvalue weighted by atomic mass is 32.1. The van der Waals surface area contributed by atoms with Gasteiger partial charge in [0.2, 0.25) is 0 Å². The van der Waals surface area contributed by atoms with E-state index in [1.54, 1.807) is 47.8 Å². The first-order valence-corrected chi connectivity index (χ1v) is 11.4. The fourth-order valence-electron chi connectivity index (χ4n) is 3.51. The lowest BCUT2D eigenvalue weighted by Crippen LogP contribution is -2.29. The third-order valence-electron chi connectivity index (χ3n) is 5.32. The van der Waals surface area contributed by atoms with Gasteiger partial charge < -0.3 is 23.3 Å². The zero-order chi connectivity index (χ0) is 23.4. The Labute approximate surface area is 196 Å². The summed E-state index contributed by atoms with van der Waals surface area (Å²) in [6.45, 7) is 6.93. The molecule has 0 fully saturated rings. The molecule has 0 bridgehead atoms. The van der Waals surface area contributed by atoms with E-state index in [-0.39, 0.29) is 5.91 Å². The Hall–Kier alpha value is -3.52. The second-order valence-electron chi connectivity index (χ2n) is 7.71. The predicted octanol–water partition coefficient (Wildman–Crippen LogP) is 5.68. The summed E-state index contributed by atoms with van der Waals surface area (Å²) in [6, 6.07) is 13.0. The Balaban J connectivity index is 1.55. The molecule has 4 rings (SSSR count). The number of methoxy groups -OCH3 is 1. The molecule has 0 N–H and O–H groups in total. The van der Waals surface area contributed by atoms with Gasteiger partial charge in [0.15, 0.2) is 11.5 Å². The normalized spacial score (nSPS) is 10.9. The van der Waals surface area contributed by atoms with Crippen LogP contribution in [0.25, 0.3) is 0 Å². The van der Waals surface area contributed by atoms with Crippen LogP contribution >= 0.6 is 11.3 Å². The molecule has 0 aliphatic heterocycles. The van der Waals surface area contributed by atoms with Gasteiger partial charge in [-0.3, -0.25) is 4.79 Å². The van der Waals surface area contributed by atoms with Gasteiger partial charge in [0.25, 0.3) is 5.91 Å². The fraction of sp³-hybridized carbons (Fsp3) is 0.280. The van der Waals surface area contributed by atoms with Gasteiger partial charge in [0.05, 0.1) is 37.7 Å². The van der Waals surface area contributed by atoms with Crippen LogP contribution in [0.4, 0.5) is 0 Å². The molecular weight excluding hydrogens is 440 g/mol. The molecule has 3 aromatic heterocycles. The highest BCUT2D eigenvalue weighted by Crippen LogP contribution is 2.31. The lowest BCUT2D eigenvalue weighted by Gasteiger charge is -2.22. The maximum Gasteiger partial charge on any atom is 0.254 e. The quantitative estimate of drug-likeness (QED) is 0.316. The Kier molecular flexibility index (Phi) is 6.84. The molecule has 0 radical (unpaired) electrons. The van der Waals surface area contributed by atoms with Crippen LogP contribution in [0.5, 0.6) is 11.5 Å². The zero-order valence-corrected chi connectivity index (χ0v) is 19.9. The van der Waals surface area contributed by atoms with Gasteiger partial charge >= 0.3 is 0 Å². The maximum absolute atomic E-state index is 13.5. The molecule has 4 aromatic rings. The van der Waals surface area contributed by atoms with Crippen LogP contribution in [0, 0.1) is 20.8 Å². The van der Waals surface area contributed by atoms with Crippen molar-refractivity contribution in [2.24, 2.45) is 0 Å². The number of amides is 1. The van der Waals surface area contributed by atoms with Gasteiger partial charge in [0, 0.05) is 15.3 Å². The summed E-state index contributed by atoms with van der Waals surface area (Å²) >= 11 is 1.68. The number of rotatable bonds is 9. The SMILES string of the molecule is COc1cc(C(=O)N(Cc2ccco2)Cc2ccc(C)s2)ccc1OCc1c(C)noc1C. The van der Waals surface area contributed by atoms with E-state index < -0.39 is 0 Å². The van der Waals surface area contributed by atoms with Crippen LogP contribution in [0.3, 0.4) is 0 Å². The molecule has 7 nitrogen and oxygen atoms in total. The largest absolute Gasteiger partial charge is 0.493 e. The van der Waals surface area contributed by atoms with Crippen LogP contribution in [0.1, 0.15) is 42.9 Å². The molecule has 0 atom stereocenters. The highest BCUT2D eigenvalue weighted by Gasteiger charge is 2.21. The van der Waals surface area contributed by atoms with Crippen LogP contribution in [0.2, 0.25) is 0 Å². The van der Waals surface area contributed by atoms with Crippen LogP contribution in [-0.4, -0.2) is 23.1 Å². The second-order valence-corrected chi connectivity index (χ2v) is 9.08. The summed E-state index contributed by atoms with van der Waals surface area (Å²) in [5.74, 6) is 2.35. The van der Waals surface area contributed by atoms with Crippen LogP contribution < -0.4 is 9.47 Å². The number of aromatic nitrogens is 1. The standard InChI is InChI=1S/C25H26N2O5S/c1-16-7-9-21(33-16)14-27(13-20-6-5-11-30-20)25(28)19-8-10-23(24(12-19)29-4)31-15-22-17(2)26-32-18(22)3/h5-12H,13-15H2,1-4H3. The predicted molar refractivity (Wildman–Crippen MR) is 125 cm³/mol. The number of hydrogen-bond donors (Lipinski definition) is 0. The molecule has 0 saturated carbocycles. The molecule has 1 amide bonds. The van der Waals surface area contributed by atoms with Crippen molar-refractivity contribution < 1.29 is 23.2 Å². The number of carbonyl (C=O) groups excluding carboxylic acids is 1. The summed E-state index contributed by atoms with van der Waals surface area (Å²) in [6.07, 6.45) is 1.61. The Bertz CT molecular complexity index is 1210. The van der Waals surface area contributed by atoms with E-state index in [0.717, 1.165) is 27.7 Å².